The molecule has 3 aromatic rings. The maximum Gasteiger partial charge on any atom is 0.234 e. The first kappa shape index (κ1) is 18.8. The van der Waals surface area contributed by atoms with Crippen molar-refractivity contribution in [2.24, 2.45) is 0 Å². The van der Waals surface area contributed by atoms with Crippen LogP contribution in [-0.4, -0.2) is 60.0 Å². The minimum atomic E-state index is 0.114. The summed E-state index contributed by atoms with van der Waals surface area (Å²) in [6, 6.07) is 12.3. The van der Waals surface area contributed by atoms with Gasteiger partial charge in [0.25, 0.3) is 0 Å². The van der Waals surface area contributed by atoms with Crippen molar-refractivity contribution in [2.75, 3.05) is 44.2 Å². The zero-order chi connectivity index (χ0) is 19.3. The van der Waals surface area contributed by atoms with E-state index in [-0.39, 0.29) is 5.91 Å². The maximum atomic E-state index is 12.0. The van der Waals surface area contributed by atoms with E-state index in [9.17, 15) is 4.79 Å². The SMILES string of the molecule is CCCNC(=O)CN1CCN(c2nc(-c3cccs3)nc3ccccc23)CC1. The van der Waals surface area contributed by atoms with Gasteiger partial charge in [-0.3, -0.25) is 9.69 Å². The number of hydrogen-bond acceptors (Lipinski definition) is 6. The van der Waals surface area contributed by atoms with Crippen molar-refractivity contribution in [3.05, 3.63) is 41.8 Å². The highest BCUT2D eigenvalue weighted by molar-refractivity contribution is 7.13. The number of amides is 1. The van der Waals surface area contributed by atoms with Gasteiger partial charge in [-0.25, -0.2) is 9.97 Å². The molecule has 0 bridgehead atoms. The van der Waals surface area contributed by atoms with Crippen LogP contribution in [-0.2, 0) is 4.79 Å². The lowest BCUT2D eigenvalue weighted by molar-refractivity contribution is -0.122. The molecule has 0 saturated carbocycles. The normalized spacial score (nSPS) is 15.1. The number of thiophene rings is 1. The van der Waals surface area contributed by atoms with Gasteiger partial charge in [-0.15, -0.1) is 11.3 Å². The van der Waals surface area contributed by atoms with Crippen LogP contribution in [0.5, 0.6) is 0 Å². The molecule has 1 fully saturated rings. The average Bonchev–Trinajstić information content (AvgIpc) is 3.27. The average molecular weight is 396 g/mol. The summed E-state index contributed by atoms with van der Waals surface area (Å²) >= 11 is 1.66. The van der Waals surface area contributed by atoms with E-state index in [1.165, 1.54) is 0 Å². The first-order chi connectivity index (χ1) is 13.7. The Kier molecular flexibility index (Phi) is 5.83. The highest BCUT2D eigenvalue weighted by Gasteiger charge is 2.22. The van der Waals surface area contributed by atoms with Gasteiger partial charge in [0.2, 0.25) is 5.91 Å². The molecule has 1 aromatic carbocycles. The topological polar surface area (TPSA) is 61.4 Å². The molecular weight excluding hydrogens is 370 g/mol. The monoisotopic (exact) mass is 395 g/mol. The van der Waals surface area contributed by atoms with E-state index in [4.69, 9.17) is 9.97 Å². The van der Waals surface area contributed by atoms with Gasteiger partial charge in [0.05, 0.1) is 16.9 Å². The molecule has 0 aliphatic carbocycles. The number of piperazine rings is 1. The minimum absolute atomic E-state index is 0.114. The number of carbonyl (C=O) groups excluding carboxylic acids is 1. The van der Waals surface area contributed by atoms with Crippen LogP contribution in [0.2, 0.25) is 0 Å². The minimum Gasteiger partial charge on any atom is -0.355 e. The summed E-state index contributed by atoms with van der Waals surface area (Å²) in [5.74, 6) is 1.89. The smallest absolute Gasteiger partial charge is 0.234 e. The predicted octanol–water partition coefficient (Wildman–Crippen LogP) is 3.01. The molecule has 1 N–H and O–H groups in total. The number of carbonyl (C=O) groups is 1. The lowest BCUT2D eigenvalue weighted by Gasteiger charge is -2.35. The Hall–Kier alpha value is -2.51. The number of nitrogens with one attached hydrogen (secondary N) is 1. The van der Waals surface area contributed by atoms with Crippen LogP contribution < -0.4 is 10.2 Å². The second-order valence-corrected chi connectivity index (χ2v) is 7.93. The third-order valence-corrected chi connectivity index (χ3v) is 5.80. The van der Waals surface area contributed by atoms with Gasteiger partial charge in [0.1, 0.15) is 5.82 Å². The number of anilines is 1. The fourth-order valence-electron chi connectivity index (χ4n) is 3.46. The Balaban J connectivity index is 1.52. The van der Waals surface area contributed by atoms with Crippen molar-refractivity contribution >= 4 is 34.0 Å². The quantitative estimate of drug-likeness (QED) is 0.695. The molecule has 146 valence electrons. The number of fused-ring (bicyclic) bond motifs is 1. The highest BCUT2D eigenvalue weighted by atomic mass is 32.1. The second-order valence-electron chi connectivity index (χ2n) is 6.98. The van der Waals surface area contributed by atoms with E-state index in [1.54, 1.807) is 11.3 Å². The van der Waals surface area contributed by atoms with Crippen LogP contribution in [0.15, 0.2) is 41.8 Å². The summed E-state index contributed by atoms with van der Waals surface area (Å²) in [5.41, 5.74) is 0.970. The van der Waals surface area contributed by atoms with Gasteiger partial charge < -0.3 is 10.2 Å². The molecule has 7 heteroatoms. The summed E-state index contributed by atoms with van der Waals surface area (Å²) < 4.78 is 0. The number of nitrogens with zero attached hydrogens (tertiary/aromatic N) is 4. The zero-order valence-electron chi connectivity index (χ0n) is 16.1. The first-order valence-electron chi connectivity index (χ1n) is 9.79. The molecule has 0 atom stereocenters. The molecule has 1 aliphatic heterocycles. The third kappa shape index (κ3) is 4.15. The number of rotatable bonds is 6. The van der Waals surface area contributed by atoms with E-state index in [1.807, 2.05) is 24.3 Å². The van der Waals surface area contributed by atoms with Gasteiger partial charge in [-0.05, 0) is 30.0 Å². The van der Waals surface area contributed by atoms with Gasteiger partial charge in [0.15, 0.2) is 5.82 Å². The number of para-hydroxylation sites is 1. The molecule has 2 aromatic heterocycles. The Morgan fingerprint density at radius 1 is 1.11 bits per heavy atom. The van der Waals surface area contributed by atoms with Gasteiger partial charge in [0, 0.05) is 38.1 Å². The number of aromatic nitrogens is 2. The van der Waals surface area contributed by atoms with Crippen LogP contribution in [0.3, 0.4) is 0 Å². The van der Waals surface area contributed by atoms with Crippen molar-refractivity contribution in [3.8, 4) is 10.7 Å². The van der Waals surface area contributed by atoms with Crippen LogP contribution in [0.25, 0.3) is 21.6 Å². The summed E-state index contributed by atoms with van der Waals surface area (Å²) in [6.45, 7) is 6.70. The molecule has 1 amide bonds. The van der Waals surface area contributed by atoms with E-state index >= 15 is 0 Å². The highest BCUT2D eigenvalue weighted by Crippen LogP contribution is 2.29. The molecule has 0 spiro atoms. The van der Waals surface area contributed by atoms with Crippen LogP contribution in [0.4, 0.5) is 5.82 Å². The van der Waals surface area contributed by atoms with Crippen molar-refractivity contribution in [3.63, 3.8) is 0 Å². The fraction of sp³-hybridized carbons (Fsp3) is 0.381. The first-order valence-corrected chi connectivity index (χ1v) is 10.7. The molecule has 0 radical (unpaired) electrons. The van der Waals surface area contributed by atoms with Crippen LogP contribution in [0.1, 0.15) is 13.3 Å². The van der Waals surface area contributed by atoms with Crippen LogP contribution >= 0.6 is 11.3 Å². The van der Waals surface area contributed by atoms with Crippen molar-refractivity contribution in [1.82, 2.24) is 20.2 Å². The molecule has 1 aliphatic rings. The lowest BCUT2D eigenvalue weighted by Crippen LogP contribution is -2.49. The maximum absolute atomic E-state index is 12.0. The largest absolute Gasteiger partial charge is 0.355 e. The van der Waals surface area contributed by atoms with Gasteiger partial charge in [-0.2, -0.15) is 0 Å². The van der Waals surface area contributed by atoms with E-state index in [0.717, 1.165) is 66.6 Å². The third-order valence-electron chi connectivity index (χ3n) is 4.94. The molecule has 0 unspecified atom stereocenters. The summed E-state index contributed by atoms with van der Waals surface area (Å²) in [7, 11) is 0. The van der Waals surface area contributed by atoms with Gasteiger partial charge >= 0.3 is 0 Å². The second kappa shape index (κ2) is 8.67. The molecule has 4 rings (SSSR count). The number of benzene rings is 1. The van der Waals surface area contributed by atoms with E-state index in [2.05, 4.69) is 39.6 Å². The standard InChI is InChI=1S/C21H25N5OS/c1-2-9-22-19(27)15-25-10-12-26(13-11-25)21-16-6-3-4-7-17(16)23-20(24-21)18-8-5-14-28-18/h3-8,14H,2,9-13,15H2,1H3,(H,22,27). The number of hydrogen-bond donors (Lipinski definition) is 1. The Labute approximate surface area is 169 Å². The van der Waals surface area contributed by atoms with Crippen LogP contribution in [0, 0.1) is 0 Å². The zero-order valence-corrected chi connectivity index (χ0v) is 16.9. The molecular formula is C21H25N5OS. The Morgan fingerprint density at radius 3 is 2.68 bits per heavy atom. The summed E-state index contributed by atoms with van der Waals surface area (Å²) in [4.78, 5) is 27.3. The van der Waals surface area contributed by atoms with Crippen molar-refractivity contribution in [2.45, 2.75) is 13.3 Å². The van der Waals surface area contributed by atoms with E-state index in [0.29, 0.717) is 6.54 Å². The van der Waals surface area contributed by atoms with Crippen molar-refractivity contribution < 1.29 is 4.79 Å². The molecule has 28 heavy (non-hydrogen) atoms. The Bertz CT molecular complexity index is 935. The summed E-state index contributed by atoms with van der Waals surface area (Å²) in [6.07, 6.45) is 0.965. The molecule has 1 saturated heterocycles. The predicted molar refractivity (Wildman–Crippen MR) is 115 cm³/mol. The lowest BCUT2D eigenvalue weighted by atomic mass is 10.2. The van der Waals surface area contributed by atoms with Crippen molar-refractivity contribution in [1.29, 1.82) is 0 Å². The fourth-order valence-corrected chi connectivity index (χ4v) is 4.12. The van der Waals surface area contributed by atoms with Gasteiger partial charge in [-0.1, -0.05) is 25.1 Å². The molecule has 6 nitrogen and oxygen atoms in total. The molecule has 3 heterocycles. The van der Waals surface area contributed by atoms with E-state index < -0.39 is 0 Å². The Morgan fingerprint density at radius 2 is 1.93 bits per heavy atom. The summed E-state index contributed by atoms with van der Waals surface area (Å²) in [5, 5.41) is 6.09.